The Bertz CT molecular complexity index is 2550. The van der Waals surface area contributed by atoms with E-state index in [4.69, 9.17) is 9.97 Å². The summed E-state index contributed by atoms with van der Waals surface area (Å²) in [5.41, 5.74) is 5.08. The van der Waals surface area contributed by atoms with Crippen LogP contribution in [-0.2, 0) is 0 Å². The van der Waals surface area contributed by atoms with Gasteiger partial charge in [-0.25, -0.2) is 9.97 Å². The van der Waals surface area contributed by atoms with Crippen LogP contribution in [0.2, 0.25) is 0 Å². The molecule has 0 unspecified atom stereocenters. The molecule has 0 saturated heterocycles. The molecule has 0 spiro atoms. The zero-order valence-electron chi connectivity index (χ0n) is 23.9. The average Bonchev–Trinajstić information content (AvgIpc) is 3.10. The van der Waals surface area contributed by atoms with Crippen molar-refractivity contribution in [3.05, 3.63) is 158 Å². The quantitative estimate of drug-likeness (QED) is 0.159. The van der Waals surface area contributed by atoms with Gasteiger partial charge < -0.3 is 0 Å². The van der Waals surface area contributed by atoms with E-state index in [9.17, 15) is 0 Å². The van der Waals surface area contributed by atoms with E-state index >= 15 is 0 Å². The highest BCUT2D eigenvalue weighted by Crippen LogP contribution is 2.42. The van der Waals surface area contributed by atoms with Crippen LogP contribution in [0.15, 0.2) is 158 Å². The molecule has 0 aliphatic rings. The number of hydrogen-bond acceptors (Lipinski definition) is 2. The van der Waals surface area contributed by atoms with Crippen LogP contribution < -0.4 is 0 Å². The number of nitrogens with zero attached hydrogens (tertiary/aromatic N) is 2. The van der Waals surface area contributed by atoms with Gasteiger partial charge >= 0.3 is 0 Å². The van der Waals surface area contributed by atoms with E-state index in [1.54, 1.807) is 0 Å². The molecule has 9 aromatic rings. The number of fused-ring (bicyclic) bond motifs is 7. The van der Waals surface area contributed by atoms with E-state index in [2.05, 4.69) is 152 Å². The molecule has 2 nitrogen and oxygen atoms in total. The smallest absolute Gasteiger partial charge is 0.160 e. The molecule has 44 heavy (non-hydrogen) atoms. The van der Waals surface area contributed by atoms with Crippen LogP contribution in [0.5, 0.6) is 0 Å². The maximum atomic E-state index is 5.34. The van der Waals surface area contributed by atoms with E-state index < -0.39 is 0 Å². The van der Waals surface area contributed by atoms with Gasteiger partial charge in [0.2, 0.25) is 0 Å². The Morgan fingerprint density at radius 2 is 0.909 bits per heavy atom. The molecule has 0 N–H and O–H groups in total. The van der Waals surface area contributed by atoms with E-state index in [1.165, 1.54) is 53.9 Å². The lowest BCUT2D eigenvalue weighted by molar-refractivity contribution is 1.19. The monoisotopic (exact) mass is 558 g/mol. The van der Waals surface area contributed by atoms with E-state index in [0.717, 1.165) is 33.9 Å². The standard InChI is InChI=1S/C42H26N2/c1-2-13-30(14-3-1)42-43-37(36-20-10-16-29-23-21-27-11-4-7-17-33(27)39(29)36)26-38(44-42)41-35-19-9-6-15-31(35)25-32-24-22-28-12-5-8-18-34(28)40(32)41/h1-26H. The van der Waals surface area contributed by atoms with Crippen LogP contribution in [-0.4, -0.2) is 9.97 Å². The molecule has 0 radical (unpaired) electrons. The number of rotatable bonds is 3. The summed E-state index contributed by atoms with van der Waals surface area (Å²) in [7, 11) is 0. The summed E-state index contributed by atoms with van der Waals surface area (Å²) < 4.78 is 0. The first kappa shape index (κ1) is 24.7. The summed E-state index contributed by atoms with van der Waals surface area (Å²) in [6.45, 7) is 0. The van der Waals surface area contributed by atoms with E-state index in [1.807, 2.05) is 6.07 Å². The summed E-state index contributed by atoms with van der Waals surface area (Å²) in [5, 5.41) is 12.1. The minimum absolute atomic E-state index is 0.719. The molecule has 0 amide bonds. The molecule has 9 rings (SSSR count). The second-order valence-corrected chi connectivity index (χ2v) is 11.4. The van der Waals surface area contributed by atoms with Crippen LogP contribution in [0.1, 0.15) is 0 Å². The lowest BCUT2D eigenvalue weighted by atomic mass is 9.90. The molecule has 1 aromatic heterocycles. The largest absolute Gasteiger partial charge is 0.228 e. The molecule has 0 saturated carbocycles. The molecule has 0 aliphatic carbocycles. The van der Waals surface area contributed by atoms with Gasteiger partial charge in [-0.3, -0.25) is 0 Å². The summed E-state index contributed by atoms with van der Waals surface area (Å²) in [6, 6.07) is 56.2. The third kappa shape index (κ3) is 3.89. The third-order valence-corrected chi connectivity index (χ3v) is 8.81. The second-order valence-electron chi connectivity index (χ2n) is 11.4. The Morgan fingerprint density at radius 3 is 1.68 bits per heavy atom. The van der Waals surface area contributed by atoms with Gasteiger partial charge in [0.05, 0.1) is 11.4 Å². The van der Waals surface area contributed by atoms with E-state index in [0.29, 0.717) is 0 Å². The first-order valence-corrected chi connectivity index (χ1v) is 15.0. The van der Waals surface area contributed by atoms with Crippen molar-refractivity contribution in [1.29, 1.82) is 0 Å². The Morgan fingerprint density at radius 1 is 0.341 bits per heavy atom. The normalized spacial score (nSPS) is 11.6. The minimum Gasteiger partial charge on any atom is -0.228 e. The fraction of sp³-hybridized carbons (Fsp3) is 0. The van der Waals surface area contributed by atoms with E-state index in [-0.39, 0.29) is 0 Å². The highest BCUT2D eigenvalue weighted by Gasteiger charge is 2.18. The molecule has 204 valence electrons. The van der Waals surface area contributed by atoms with Gasteiger partial charge in [0.15, 0.2) is 5.82 Å². The predicted octanol–water partition coefficient (Wildman–Crippen LogP) is 11.2. The molecule has 8 aromatic carbocycles. The van der Waals surface area contributed by atoms with Crippen molar-refractivity contribution in [3.63, 3.8) is 0 Å². The van der Waals surface area contributed by atoms with Gasteiger partial charge in [0.25, 0.3) is 0 Å². The summed E-state index contributed by atoms with van der Waals surface area (Å²) >= 11 is 0. The summed E-state index contributed by atoms with van der Waals surface area (Å²) in [4.78, 5) is 10.6. The minimum atomic E-state index is 0.719. The average molecular weight is 559 g/mol. The van der Waals surface area contributed by atoms with Crippen LogP contribution in [0.4, 0.5) is 0 Å². The Kier molecular flexibility index (Phi) is 5.54. The van der Waals surface area contributed by atoms with Crippen molar-refractivity contribution in [2.75, 3.05) is 0 Å². The Balaban J connectivity index is 1.44. The van der Waals surface area contributed by atoms with Crippen LogP contribution >= 0.6 is 0 Å². The van der Waals surface area contributed by atoms with Crippen molar-refractivity contribution in [2.45, 2.75) is 0 Å². The zero-order valence-corrected chi connectivity index (χ0v) is 23.9. The van der Waals surface area contributed by atoms with Crippen molar-refractivity contribution in [2.24, 2.45) is 0 Å². The molecule has 0 bridgehead atoms. The number of benzene rings is 8. The molecular weight excluding hydrogens is 532 g/mol. The van der Waals surface area contributed by atoms with Crippen molar-refractivity contribution in [1.82, 2.24) is 9.97 Å². The molecule has 0 aliphatic heterocycles. The van der Waals surface area contributed by atoms with Gasteiger partial charge in [-0.2, -0.15) is 0 Å². The van der Waals surface area contributed by atoms with Crippen molar-refractivity contribution >= 4 is 53.9 Å². The van der Waals surface area contributed by atoms with Crippen molar-refractivity contribution in [3.8, 4) is 33.9 Å². The lowest BCUT2D eigenvalue weighted by Crippen LogP contribution is -1.98. The molecule has 1 heterocycles. The number of hydrogen-bond donors (Lipinski definition) is 0. The van der Waals surface area contributed by atoms with Crippen LogP contribution in [0.25, 0.3) is 87.8 Å². The highest BCUT2D eigenvalue weighted by molar-refractivity contribution is 6.22. The predicted molar refractivity (Wildman–Crippen MR) is 186 cm³/mol. The maximum Gasteiger partial charge on any atom is 0.160 e. The first-order chi connectivity index (χ1) is 21.8. The number of aromatic nitrogens is 2. The third-order valence-electron chi connectivity index (χ3n) is 8.81. The fourth-order valence-corrected chi connectivity index (χ4v) is 6.81. The molecule has 0 fully saturated rings. The van der Waals surface area contributed by atoms with Gasteiger partial charge in [0, 0.05) is 16.7 Å². The Labute approximate surface area is 254 Å². The first-order valence-electron chi connectivity index (χ1n) is 15.0. The lowest BCUT2D eigenvalue weighted by Gasteiger charge is -2.16. The topological polar surface area (TPSA) is 25.8 Å². The summed E-state index contributed by atoms with van der Waals surface area (Å²) in [5.74, 6) is 0.719. The fourth-order valence-electron chi connectivity index (χ4n) is 6.81. The van der Waals surface area contributed by atoms with Gasteiger partial charge in [0.1, 0.15) is 0 Å². The van der Waals surface area contributed by atoms with Gasteiger partial charge in [-0.1, -0.05) is 146 Å². The Hall–Kier alpha value is -5.86. The second kappa shape index (κ2) is 9.86. The molecule has 2 heteroatoms. The van der Waals surface area contributed by atoms with Crippen molar-refractivity contribution < 1.29 is 0 Å². The molecule has 0 atom stereocenters. The molecular formula is C42H26N2. The SMILES string of the molecule is c1ccc(-c2nc(-c3cccc4ccc5ccccc5c34)cc(-c3c4ccccc4cc4ccc5ccccc5c34)n2)cc1. The van der Waals surface area contributed by atoms with Gasteiger partial charge in [-0.15, -0.1) is 0 Å². The maximum absolute atomic E-state index is 5.34. The van der Waals surface area contributed by atoms with Crippen LogP contribution in [0.3, 0.4) is 0 Å². The summed E-state index contributed by atoms with van der Waals surface area (Å²) in [6.07, 6.45) is 0. The van der Waals surface area contributed by atoms with Crippen LogP contribution in [0, 0.1) is 0 Å². The highest BCUT2D eigenvalue weighted by atomic mass is 14.9. The van der Waals surface area contributed by atoms with Gasteiger partial charge in [-0.05, 0) is 66.0 Å². The zero-order chi connectivity index (χ0) is 29.0.